The van der Waals surface area contributed by atoms with Gasteiger partial charge in [0.1, 0.15) is 40.6 Å². The molecule has 2 saturated heterocycles. The van der Waals surface area contributed by atoms with E-state index >= 15 is 0 Å². The number of nitrogens with zero attached hydrogens (tertiary/aromatic N) is 9. The van der Waals surface area contributed by atoms with Gasteiger partial charge in [0.2, 0.25) is 20.0 Å². The summed E-state index contributed by atoms with van der Waals surface area (Å²) in [5, 5.41) is 8.38. The summed E-state index contributed by atoms with van der Waals surface area (Å²) in [5.74, 6) is 1.45. The highest BCUT2D eigenvalue weighted by atomic mass is 32.2. The van der Waals surface area contributed by atoms with E-state index in [1.165, 1.54) is 40.4 Å². The highest BCUT2D eigenvalue weighted by Crippen LogP contribution is 2.39. The number of ether oxygens (including phenoxy) is 3. The van der Waals surface area contributed by atoms with Crippen molar-refractivity contribution in [2.45, 2.75) is 53.7 Å². The maximum Gasteiger partial charge on any atom is 0.245 e. The lowest BCUT2D eigenvalue weighted by Crippen LogP contribution is -2.38. The fourth-order valence-electron chi connectivity index (χ4n) is 8.16. The standard InChI is InChI=1S/C20H21FN4O4S.C19H19N5O3S2/c1-28-18-10-20-22-12-23-25(20)11-15(18)13-2-5-24(6-3-13)30(26,27)19-8-14-4-7-29-17(14)9-16(19)21;1-27-17-9-19-20-11-22-24(19)10-15(17)13-4-6-23(7-5-13)29(25,26)14-2-3-16-18(8-14)28-12-21-16/h8-13H,2-7H2,1H3;2-3,8-13H,4-7H2,1H3. The monoisotopic (exact) mass is 861 g/mol. The van der Waals surface area contributed by atoms with E-state index in [1.807, 2.05) is 24.5 Å². The molecule has 0 amide bonds. The number of aromatic nitrogens is 7. The van der Waals surface area contributed by atoms with E-state index in [0.717, 1.165) is 51.1 Å². The van der Waals surface area contributed by atoms with Crippen LogP contribution in [0.3, 0.4) is 0 Å². The zero-order chi connectivity index (χ0) is 40.9. The number of benzene rings is 2. The number of methoxy groups -OCH3 is 2. The van der Waals surface area contributed by atoms with Crippen molar-refractivity contribution in [2.75, 3.05) is 47.0 Å². The molecule has 2 aromatic carbocycles. The van der Waals surface area contributed by atoms with Gasteiger partial charge in [0.15, 0.2) is 11.3 Å². The van der Waals surface area contributed by atoms with Gasteiger partial charge in [-0.05, 0) is 67.3 Å². The zero-order valence-corrected chi connectivity index (χ0v) is 34.6. The van der Waals surface area contributed by atoms with E-state index in [9.17, 15) is 21.2 Å². The number of pyridine rings is 2. The molecule has 3 aliphatic rings. The number of hydrogen-bond acceptors (Lipinski definition) is 13. The normalized spacial score (nSPS) is 17.2. The summed E-state index contributed by atoms with van der Waals surface area (Å²) in [6, 6.07) is 11.4. The van der Waals surface area contributed by atoms with Crippen molar-refractivity contribution in [2.24, 2.45) is 0 Å². The van der Waals surface area contributed by atoms with Gasteiger partial charge < -0.3 is 14.2 Å². The lowest BCUT2D eigenvalue weighted by atomic mass is 9.91. The first-order valence-corrected chi connectivity index (χ1v) is 22.8. The van der Waals surface area contributed by atoms with E-state index in [1.54, 1.807) is 51.3 Å². The van der Waals surface area contributed by atoms with Crippen molar-refractivity contribution in [3.63, 3.8) is 0 Å². The van der Waals surface area contributed by atoms with Crippen LogP contribution in [0.1, 0.15) is 54.2 Å². The summed E-state index contributed by atoms with van der Waals surface area (Å²) in [6.45, 7) is 1.98. The summed E-state index contributed by atoms with van der Waals surface area (Å²) in [7, 11) is -4.20. The molecule has 3 aliphatic heterocycles. The van der Waals surface area contributed by atoms with E-state index in [-0.39, 0.29) is 16.7 Å². The Balaban J connectivity index is 0.000000152. The van der Waals surface area contributed by atoms with Crippen LogP contribution in [-0.4, -0.2) is 107 Å². The van der Waals surface area contributed by atoms with Gasteiger partial charge >= 0.3 is 0 Å². The Kier molecular flexibility index (Phi) is 10.4. The van der Waals surface area contributed by atoms with Crippen LogP contribution in [0.4, 0.5) is 4.39 Å². The van der Waals surface area contributed by atoms with Crippen molar-refractivity contribution >= 4 is 52.9 Å². The van der Waals surface area contributed by atoms with E-state index < -0.39 is 25.9 Å². The maximum absolute atomic E-state index is 14.5. The first-order chi connectivity index (χ1) is 28.5. The van der Waals surface area contributed by atoms with E-state index in [4.69, 9.17) is 14.2 Å². The third kappa shape index (κ3) is 7.36. The van der Waals surface area contributed by atoms with Crippen LogP contribution in [0, 0.1) is 5.82 Å². The molecule has 16 nitrogen and oxygen atoms in total. The molecule has 0 unspecified atom stereocenters. The smallest absolute Gasteiger partial charge is 0.245 e. The molecule has 0 N–H and O–H groups in total. The molecule has 0 radical (unpaired) electrons. The van der Waals surface area contributed by atoms with Crippen molar-refractivity contribution in [1.82, 2.24) is 42.8 Å². The van der Waals surface area contributed by atoms with Crippen LogP contribution in [-0.2, 0) is 26.5 Å². The molecule has 8 heterocycles. The molecule has 0 spiro atoms. The average Bonchev–Trinajstić information content (AvgIpc) is 4.10. The number of piperidine rings is 2. The number of hydrogen-bond donors (Lipinski definition) is 0. The molecule has 0 saturated carbocycles. The Bertz CT molecular complexity index is 2900. The number of thiazole rings is 1. The van der Waals surface area contributed by atoms with Crippen LogP contribution in [0.15, 0.2) is 82.8 Å². The molecule has 7 aromatic rings. The van der Waals surface area contributed by atoms with Crippen LogP contribution in [0.2, 0.25) is 0 Å². The Morgan fingerprint density at radius 2 is 1.32 bits per heavy atom. The van der Waals surface area contributed by atoms with Gasteiger partial charge in [-0.3, -0.25) is 0 Å². The minimum atomic E-state index is -3.92. The Morgan fingerprint density at radius 1 is 0.746 bits per heavy atom. The van der Waals surface area contributed by atoms with Crippen molar-refractivity contribution in [3.8, 4) is 17.2 Å². The quantitative estimate of drug-likeness (QED) is 0.193. The largest absolute Gasteiger partial charge is 0.496 e. The summed E-state index contributed by atoms with van der Waals surface area (Å²) in [4.78, 5) is 12.6. The minimum absolute atomic E-state index is 0.110. The van der Waals surface area contributed by atoms with Gasteiger partial charge in [-0.1, -0.05) is 0 Å². The van der Waals surface area contributed by atoms with E-state index in [2.05, 4.69) is 25.1 Å². The first kappa shape index (κ1) is 39.2. The number of sulfonamides is 2. The highest BCUT2D eigenvalue weighted by molar-refractivity contribution is 7.89. The molecule has 0 bridgehead atoms. The van der Waals surface area contributed by atoms with Crippen LogP contribution in [0.25, 0.3) is 21.5 Å². The van der Waals surface area contributed by atoms with Crippen molar-refractivity contribution in [3.05, 3.63) is 95.5 Å². The minimum Gasteiger partial charge on any atom is -0.496 e. The summed E-state index contributed by atoms with van der Waals surface area (Å²) < 4.78 is 90.6. The second-order valence-corrected chi connectivity index (χ2v) is 19.3. The van der Waals surface area contributed by atoms with Gasteiger partial charge in [-0.25, -0.2) is 45.2 Å². The summed E-state index contributed by atoms with van der Waals surface area (Å²) in [6.07, 6.45) is 10.0. The van der Waals surface area contributed by atoms with Gasteiger partial charge in [0, 0.05) is 74.3 Å². The molecular weight excluding hydrogens is 822 g/mol. The lowest BCUT2D eigenvalue weighted by Gasteiger charge is -2.32. The van der Waals surface area contributed by atoms with Gasteiger partial charge in [0.05, 0.1) is 41.4 Å². The molecule has 10 rings (SSSR count). The zero-order valence-electron chi connectivity index (χ0n) is 32.1. The molecule has 0 aliphatic carbocycles. The fraction of sp³-hybridized carbons (Fsp3) is 0.359. The Morgan fingerprint density at radius 3 is 1.90 bits per heavy atom. The van der Waals surface area contributed by atoms with Gasteiger partial charge in [-0.2, -0.15) is 18.8 Å². The average molecular weight is 862 g/mol. The lowest BCUT2D eigenvalue weighted by molar-refractivity contribution is 0.311. The fourth-order valence-corrected chi connectivity index (χ4v) is 12.0. The Hall–Kier alpha value is -5.28. The molecule has 20 heteroatoms. The van der Waals surface area contributed by atoms with E-state index in [0.29, 0.717) is 74.1 Å². The summed E-state index contributed by atoms with van der Waals surface area (Å²) in [5.41, 5.74) is 6.70. The second-order valence-electron chi connectivity index (χ2n) is 14.5. The third-order valence-electron chi connectivity index (χ3n) is 11.3. The van der Waals surface area contributed by atoms with Crippen molar-refractivity contribution in [1.29, 1.82) is 0 Å². The number of halogens is 1. The molecule has 308 valence electrons. The summed E-state index contributed by atoms with van der Waals surface area (Å²) >= 11 is 1.45. The number of rotatable bonds is 8. The maximum atomic E-state index is 14.5. The van der Waals surface area contributed by atoms with Crippen LogP contribution < -0.4 is 14.2 Å². The SMILES string of the molecule is COc1cc2ncnn2cc1C1CCN(S(=O)(=O)c2cc3c(cc2F)OCC3)CC1.COc1cc2ncnn2cc1C1CCN(S(=O)(=O)c2ccc3ncsc3c2)CC1. The second kappa shape index (κ2) is 15.7. The molecule has 0 atom stereocenters. The van der Waals surface area contributed by atoms with Crippen LogP contribution >= 0.6 is 11.3 Å². The molecule has 2 fully saturated rings. The molecule has 5 aromatic heterocycles. The van der Waals surface area contributed by atoms with Gasteiger partial charge in [-0.15, -0.1) is 11.3 Å². The first-order valence-electron chi connectivity index (χ1n) is 19.1. The van der Waals surface area contributed by atoms with Gasteiger partial charge in [0.25, 0.3) is 0 Å². The third-order valence-corrected chi connectivity index (χ3v) is 15.9. The topological polar surface area (TPSA) is 176 Å². The molecule has 59 heavy (non-hydrogen) atoms. The number of fused-ring (bicyclic) bond motifs is 4. The van der Waals surface area contributed by atoms with Crippen LogP contribution in [0.5, 0.6) is 17.2 Å². The molecular formula is C39H40FN9O7S3. The highest BCUT2D eigenvalue weighted by Gasteiger charge is 2.35. The Labute approximate surface area is 343 Å². The van der Waals surface area contributed by atoms with Crippen molar-refractivity contribution < 1.29 is 35.4 Å². The predicted molar refractivity (Wildman–Crippen MR) is 216 cm³/mol. The predicted octanol–water partition coefficient (Wildman–Crippen LogP) is 5.30.